The fourth-order valence-corrected chi connectivity index (χ4v) is 4.43. The van der Waals surface area contributed by atoms with Gasteiger partial charge in [0.2, 0.25) is 5.95 Å². The Labute approximate surface area is 155 Å². The molecule has 134 valence electrons. The summed E-state index contributed by atoms with van der Waals surface area (Å²) < 4.78 is 15.2. The molecule has 2 fully saturated rings. The first-order valence-electron chi connectivity index (χ1n) is 8.91. The standard InChI is InChI=1S/C20H17FN6/c1-26-11-24-25-20(26)18-15-9-27(10-16(15)18)19-12(7-22)3-2-4-14(19)13-5-6-17(21)23-8-13/h2-6,8,11,15-16,18H,9-10H2,1H3. The Bertz CT molecular complexity index is 1040. The van der Waals surface area contributed by atoms with Crippen LogP contribution in [0, 0.1) is 29.1 Å². The molecular formula is C20H17FN6. The van der Waals surface area contributed by atoms with E-state index in [1.165, 1.54) is 12.3 Å². The van der Waals surface area contributed by atoms with Crippen molar-refractivity contribution in [3.8, 4) is 17.2 Å². The third kappa shape index (κ3) is 2.48. The molecule has 5 rings (SSSR count). The van der Waals surface area contributed by atoms with Crippen LogP contribution in [0.4, 0.5) is 10.1 Å². The first-order valence-corrected chi connectivity index (χ1v) is 8.91. The van der Waals surface area contributed by atoms with Crippen LogP contribution >= 0.6 is 0 Å². The van der Waals surface area contributed by atoms with Crippen LogP contribution in [0.3, 0.4) is 0 Å². The fraction of sp³-hybridized carbons (Fsp3) is 0.300. The van der Waals surface area contributed by atoms with E-state index in [1.54, 1.807) is 12.4 Å². The Morgan fingerprint density at radius 1 is 1.19 bits per heavy atom. The van der Waals surface area contributed by atoms with Gasteiger partial charge in [0, 0.05) is 43.4 Å². The van der Waals surface area contributed by atoms with Gasteiger partial charge in [0.1, 0.15) is 18.2 Å². The van der Waals surface area contributed by atoms with Crippen molar-refractivity contribution in [2.75, 3.05) is 18.0 Å². The molecule has 0 spiro atoms. The summed E-state index contributed by atoms with van der Waals surface area (Å²) in [6, 6.07) is 11.0. The molecule has 1 saturated carbocycles. The monoisotopic (exact) mass is 360 g/mol. The number of rotatable bonds is 3. The number of hydrogen-bond acceptors (Lipinski definition) is 5. The third-order valence-electron chi connectivity index (χ3n) is 5.75. The van der Waals surface area contributed by atoms with Gasteiger partial charge in [-0.1, -0.05) is 12.1 Å². The van der Waals surface area contributed by atoms with Crippen molar-refractivity contribution < 1.29 is 4.39 Å². The zero-order chi connectivity index (χ0) is 18.5. The van der Waals surface area contributed by atoms with Crippen LogP contribution < -0.4 is 4.90 Å². The maximum atomic E-state index is 13.2. The lowest BCUT2D eigenvalue weighted by atomic mass is 10.0. The second kappa shape index (κ2) is 5.88. The normalized spacial score (nSPS) is 23.1. The molecule has 1 aliphatic heterocycles. The summed E-state index contributed by atoms with van der Waals surface area (Å²) in [7, 11) is 1.98. The summed E-state index contributed by atoms with van der Waals surface area (Å²) >= 11 is 0. The number of fused-ring (bicyclic) bond motifs is 1. The largest absolute Gasteiger partial charge is 0.369 e. The number of halogens is 1. The molecule has 3 heterocycles. The molecular weight excluding hydrogens is 343 g/mol. The molecule has 0 amide bonds. The highest BCUT2D eigenvalue weighted by Gasteiger charge is 2.58. The van der Waals surface area contributed by atoms with Crippen molar-refractivity contribution in [1.29, 1.82) is 5.26 Å². The number of para-hydroxylation sites is 1. The van der Waals surface area contributed by atoms with Gasteiger partial charge in [0.25, 0.3) is 0 Å². The van der Waals surface area contributed by atoms with Gasteiger partial charge in [0.15, 0.2) is 0 Å². The predicted molar refractivity (Wildman–Crippen MR) is 97.3 cm³/mol. The Morgan fingerprint density at radius 2 is 2.00 bits per heavy atom. The van der Waals surface area contributed by atoms with E-state index in [0.717, 1.165) is 35.7 Å². The predicted octanol–water partition coefficient (Wildman–Crippen LogP) is 2.74. The minimum atomic E-state index is -0.509. The molecule has 1 aliphatic carbocycles. The summed E-state index contributed by atoms with van der Waals surface area (Å²) in [6.07, 6.45) is 3.26. The lowest BCUT2D eigenvalue weighted by Crippen LogP contribution is -2.25. The Morgan fingerprint density at radius 3 is 2.63 bits per heavy atom. The second-order valence-electron chi connectivity index (χ2n) is 7.24. The van der Waals surface area contributed by atoms with E-state index < -0.39 is 5.95 Å². The summed E-state index contributed by atoms with van der Waals surface area (Å²) in [4.78, 5) is 6.05. The van der Waals surface area contributed by atoms with Crippen molar-refractivity contribution >= 4 is 5.69 Å². The van der Waals surface area contributed by atoms with E-state index in [9.17, 15) is 9.65 Å². The van der Waals surface area contributed by atoms with Gasteiger partial charge < -0.3 is 9.47 Å². The smallest absolute Gasteiger partial charge is 0.212 e. The molecule has 27 heavy (non-hydrogen) atoms. The molecule has 7 heteroatoms. The first kappa shape index (κ1) is 15.9. The number of piperidine rings is 1. The number of aromatic nitrogens is 4. The topological polar surface area (TPSA) is 70.6 Å². The van der Waals surface area contributed by atoms with E-state index in [1.807, 2.05) is 29.8 Å². The van der Waals surface area contributed by atoms with Gasteiger partial charge in [-0.2, -0.15) is 9.65 Å². The Balaban J connectivity index is 1.47. The molecule has 0 radical (unpaired) electrons. The zero-order valence-electron chi connectivity index (χ0n) is 14.7. The average molecular weight is 360 g/mol. The summed E-state index contributed by atoms with van der Waals surface area (Å²) in [6.45, 7) is 1.75. The average Bonchev–Trinajstić information content (AvgIpc) is 3.01. The third-order valence-corrected chi connectivity index (χ3v) is 5.75. The van der Waals surface area contributed by atoms with Crippen molar-refractivity contribution in [3.05, 3.63) is 60.2 Å². The SMILES string of the molecule is Cn1cnnc1C1C2CN(c3c(C#N)cccc3-c3ccc(F)nc3)CC21. The summed E-state index contributed by atoms with van der Waals surface area (Å²) in [5.74, 6) is 2.03. The number of benzene rings is 1. The molecule has 1 saturated heterocycles. The van der Waals surface area contributed by atoms with Crippen molar-refractivity contribution in [1.82, 2.24) is 19.7 Å². The van der Waals surface area contributed by atoms with Crippen molar-refractivity contribution in [3.63, 3.8) is 0 Å². The lowest BCUT2D eigenvalue weighted by molar-refractivity contribution is 0.584. The van der Waals surface area contributed by atoms with E-state index in [4.69, 9.17) is 0 Å². The highest BCUT2D eigenvalue weighted by atomic mass is 19.1. The molecule has 3 aromatic rings. The summed E-state index contributed by atoms with van der Waals surface area (Å²) in [5, 5.41) is 17.9. The van der Waals surface area contributed by atoms with Crippen molar-refractivity contribution in [2.24, 2.45) is 18.9 Å². The molecule has 1 aromatic carbocycles. The van der Waals surface area contributed by atoms with E-state index in [2.05, 4.69) is 26.2 Å². The molecule has 0 N–H and O–H groups in total. The van der Waals surface area contributed by atoms with Gasteiger partial charge in [-0.25, -0.2) is 4.98 Å². The molecule has 0 bridgehead atoms. The van der Waals surface area contributed by atoms with Gasteiger partial charge in [0.05, 0.1) is 11.3 Å². The maximum absolute atomic E-state index is 13.2. The lowest BCUT2D eigenvalue weighted by Gasteiger charge is -2.26. The molecule has 2 atom stereocenters. The number of nitrogens with zero attached hydrogens (tertiary/aromatic N) is 6. The van der Waals surface area contributed by atoms with Crippen LogP contribution in [0.1, 0.15) is 17.3 Å². The molecule has 2 aliphatic rings. The first-order chi connectivity index (χ1) is 13.2. The quantitative estimate of drug-likeness (QED) is 0.672. The van der Waals surface area contributed by atoms with E-state index in [-0.39, 0.29) is 0 Å². The zero-order valence-corrected chi connectivity index (χ0v) is 14.7. The van der Waals surface area contributed by atoms with Crippen molar-refractivity contribution in [2.45, 2.75) is 5.92 Å². The van der Waals surface area contributed by atoms with E-state index >= 15 is 0 Å². The van der Waals surface area contributed by atoms with Crippen LogP contribution in [-0.4, -0.2) is 32.8 Å². The molecule has 2 aromatic heterocycles. The minimum Gasteiger partial charge on any atom is -0.369 e. The van der Waals surface area contributed by atoms with Gasteiger partial charge in [-0.3, -0.25) is 0 Å². The van der Waals surface area contributed by atoms with Gasteiger partial charge >= 0.3 is 0 Å². The van der Waals surface area contributed by atoms with Crippen LogP contribution in [0.25, 0.3) is 11.1 Å². The van der Waals surface area contributed by atoms with Gasteiger partial charge in [-0.15, -0.1) is 10.2 Å². The highest BCUT2D eigenvalue weighted by Crippen LogP contribution is 2.58. The summed E-state index contributed by atoms with van der Waals surface area (Å²) in [5.41, 5.74) is 3.28. The van der Waals surface area contributed by atoms with Crippen LogP contribution in [0.5, 0.6) is 0 Å². The highest BCUT2D eigenvalue weighted by molar-refractivity contribution is 5.83. The molecule has 2 unspecified atom stereocenters. The van der Waals surface area contributed by atoms with Crippen LogP contribution in [-0.2, 0) is 7.05 Å². The fourth-order valence-electron chi connectivity index (χ4n) is 4.43. The van der Waals surface area contributed by atoms with Crippen LogP contribution in [0.2, 0.25) is 0 Å². The number of nitriles is 1. The number of aryl methyl sites for hydroxylation is 1. The van der Waals surface area contributed by atoms with E-state index in [0.29, 0.717) is 23.3 Å². The van der Waals surface area contributed by atoms with Crippen LogP contribution in [0.15, 0.2) is 42.9 Å². The molecule has 6 nitrogen and oxygen atoms in total. The number of anilines is 1. The number of pyridine rings is 1. The second-order valence-corrected chi connectivity index (χ2v) is 7.24. The minimum absolute atomic E-state index is 0.443. The van der Waals surface area contributed by atoms with Gasteiger partial charge in [-0.05, 0) is 30.0 Å². The Kier molecular flexibility index (Phi) is 3.47. The Hall–Kier alpha value is -3.27. The maximum Gasteiger partial charge on any atom is 0.212 e. The number of hydrogen-bond donors (Lipinski definition) is 0.